The van der Waals surface area contributed by atoms with Gasteiger partial charge in [-0.25, -0.2) is 17.6 Å². The molecule has 2 aromatic carbocycles. The van der Waals surface area contributed by atoms with E-state index in [4.69, 9.17) is 4.74 Å². The molecule has 1 aliphatic rings. The van der Waals surface area contributed by atoms with Crippen LogP contribution in [0.2, 0.25) is 0 Å². The summed E-state index contributed by atoms with van der Waals surface area (Å²) in [6.07, 6.45) is 2.03. The molecule has 0 amide bonds. The lowest BCUT2D eigenvalue weighted by Crippen LogP contribution is -2.43. The van der Waals surface area contributed by atoms with Crippen LogP contribution in [0, 0.1) is 29.8 Å². The Bertz CT molecular complexity index is 1330. The first-order chi connectivity index (χ1) is 18.6. The lowest BCUT2D eigenvalue weighted by molar-refractivity contribution is -0.141. The molecule has 10 heteroatoms. The number of aliphatic carboxylic acids is 1. The van der Waals surface area contributed by atoms with Crippen LogP contribution in [0.15, 0.2) is 36.5 Å². The van der Waals surface area contributed by atoms with Gasteiger partial charge in [0.2, 0.25) is 0 Å². The van der Waals surface area contributed by atoms with Gasteiger partial charge in [0.1, 0.15) is 17.7 Å². The van der Waals surface area contributed by atoms with Gasteiger partial charge in [0.05, 0.1) is 24.7 Å². The third kappa shape index (κ3) is 6.79. The number of aryl methyl sites for hydroxylation is 1. The summed E-state index contributed by atoms with van der Waals surface area (Å²) in [5.74, 6) is -3.56. The number of nitrogens with zero attached hydrogens (tertiary/aromatic N) is 2. The summed E-state index contributed by atoms with van der Waals surface area (Å²) in [6.45, 7) is 3.73. The standard InChI is InChI=1S/C29H33F4N3O3/c1-18-17-35-24-4-3-20(39-2)15-21(24)27(18)22(31)5-6-29(16-26(37)38)7-10-36(11-8-29)12-9-34-25-14-19(30)13-23(32)28(25)33/h3-4,13-15,17,22,34H,5-12,16H2,1-2H3,(H,37,38)/t22-/m1/s1. The molecule has 0 unspecified atom stereocenters. The number of pyridine rings is 1. The monoisotopic (exact) mass is 547 g/mol. The number of ether oxygens (including phenoxy) is 1. The second kappa shape index (κ2) is 12.2. The molecule has 1 fully saturated rings. The molecule has 0 saturated carbocycles. The Hall–Kier alpha value is -3.40. The van der Waals surface area contributed by atoms with Crippen molar-refractivity contribution in [3.8, 4) is 5.75 Å². The molecule has 0 bridgehead atoms. The maximum absolute atomic E-state index is 15.8. The number of anilines is 1. The van der Waals surface area contributed by atoms with Crippen LogP contribution < -0.4 is 10.1 Å². The number of aromatic nitrogens is 1. The molecule has 0 spiro atoms. The van der Waals surface area contributed by atoms with E-state index in [0.717, 1.165) is 11.6 Å². The summed E-state index contributed by atoms with van der Waals surface area (Å²) in [5, 5.41) is 13.0. The number of carboxylic acid groups (broad SMARTS) is 1. The Morgan fingerprint density at radius 3 is 2.64 bits per heavy atom. The Labute approximate surface area is 225 Å². The molecule has 39 heavy (non-hydrogen) atoms. The van der Waals surface area contributed by atoms with Crippen molar-refractivity contribution in [1.29, 1.82) is 0 Å². The molecule has 210 valence electrons. The molecular weight excluding hydrogens is 514 g/mol. The van der Waals surface area contributed by atoms with E-state index in [1.54, 1.807) is 31.5 Å². The van der Waals surface area contributed by atoms with Crippen molar-refractivity contribution in [3.05, 3.63) is 65.1 Å². The number of hydrogen-bond donors (Lipinski definition) is 2. The Morgan fingerprint density at radius 1 is 1.21 bits per heavy atom. The average Bonchev–Trinajstić information content (AvgIpc) is 2.90. The van der Waals surface area contributed by atoms with Gasteiger partial charge in [0, 0.05) is 36.8 Å². The van der Waals surface area contributed by atoms with Crippen molar-refractivity contribution in [3.63, 3.8) is 0 Å². The van der Waals surface area contributed by atoms with Gasteiger partial charge in [0.15, 0.2) is 11.6 Å². The maximum Gasteiger partial charge on any atom is 0.303 e. The number of rotatable bonds is 11. The summed E-state index contributed by atoms with van der Waals surface area (Å²) in [5.41, 5.74) is 1.16. The molecule has 2 N–H and O–H groups in total. The zero-order chi connectivity index (χ0) is 28.2. The average molecular weight is 548 g/mol. The topological polar surface area (TPSA) is 74.7 Å². The minimum Gasteiger partial charge on any atom is -0.497 e. The van der Waals surface area contributed by atoms with Crippen molar-refractivity contribution in [2.45, 2.75) is 45.2 Å². The van der Waals surface area contributed by atoms with E-state index < -0.39 is 35.0 Å². The van der Waals surface area contributed by atoms with Crippen LogP contribution in [-0.4, -0.2) is 54.2 Å². The van der Waals surface area contributed by atoms with E-state index in [9.17, 15) is 23.1 Å². The number of carbonyl (C=O) groups is 1. The van der Waals surface area contributed by atoms with Crippen LogP contribution in [0.5, 0.6) is 5.75 Å². The first kappa shape index (κ1) is 28.6. The SMILES string of the molecule is COc1ccc2ncc(C)c([C@H](F)CCC3(CC(=O)O)CCN(CCNc4cc(F)cc(F)c4F)CC3)c2c1. The zero-order valence-electron chi connectivity index (χ0n) is 22.1. The molecule has 4 rings (SSSR count). The van der Waals surface area contributed by atoms with Gasteiger partial charge in [-0.3, -0.25) is 9.78 Å². The summed E-state index contributed by atoms with van der Waals surface area (Å²) in [4.78, 5) is 18.2. The van der Waals surface area contributed by atoms with Crippen molar-refractivity contribution < 1.29 is 32.2 Å². The molecule has 1 aliphatic heterocycles. The second-order valence-corrected chi connectivity index (χ2v) is 10.3. The second-order valence-electron chi connectivity index (χ2n) is 10.3. The van der Waals surface area contributed by atoms with Crippen LogP contribution in [0.25, 0.3) is 10.9 Å². The molecule has 0 aliphatic carbocycles. The van der Waals surface area contributed by atoms with E-state index in [1.165, 1.54) is 0 Å². The van der Waals surface area contributed by atoms with Crippen LogP contribution in [0.3, 0.4) is 0 Å². The van der Waals surface area contributed by atoms with Gasteiger partial charge in [-0.2, -0.15) is 0 Å². The highest BCUT2D eigenvalue weighted by atomic mass is 19.2. The molecule has 2 heterocycles. The summed E-state index contributed by atoms with van der Waals surface area (Å²) >= 11 is 0. The fourth-order valence-corrected chi connectivity index (χ4v) is 5.53. The number of likely N-dealkylation sites (tertiary alicyclic amines) is 1. The summed E-state index contributed by atoms with van der Waals surface area (Å²) in [7, 11) is 1.55. The minimum absolute atomic E-state index is 0.0521. The lowest BCUT2D eigenvalue weighted by Gasteiger charge is -2.41. The van der Waals surface area contributed by atoms with Gasteiger partial charge >= 0.3 is 5.97 Å². The molecule has 3 aromatic rings. The predicted molar refractivity (Wildman–Crippen MR) is 141 cm³/mol. The highest BCUT2D eigenvalue weighted by Crippen LogP contribution is 2.43. The van der Waals surface area contributed by atoms with Crippen LogP contribution in [-0.2, 0) is 4.79 Å². The van der Waals surface area contributed by atoms with E-state index in [2.05, 4.69) is 15.2 Å². The lowest BCUT2D eigenvalue weighted by atomic mass is 9.71. The molecule has 1 saturated heterocycles. The van der Waals surface area contributed by atoms with Crippen molar-refractivity contribution in [2.75, 3.05) is 38.6 Å². The van der Waals surface area contributed by atoms with Crippen LogP contribution >= 0.6 is 0 Å². The molecular formula is C29H33F4N3O3. The van der Waals surface area contributed by atoms with E-state index in [0.29, 0.717) is 67.2 Å². The van der Waals surface area contributed by atoms with Crippen LogP contribution in [0.1, 0.15) is 49.4 Å². The van der Waals surface area contributed by atoms with Gasteiger partial charge in [-0.05, 0) is 80.4 Å². The Balaban J connectivity index is 1.39. The Kier molecular flexibility index (Phi) is 8.94. The number of hydrogen-bond acceptors (Lipinski definition) is 5. The number of fused-ring (bicyclic) bond motifs is 1. The fourth-order valence-electron chi connectivity index (χ4n) is 5.53. The first-order valence-electron chi connectivity index (χ1n) is 13.0. The number of carboxylic acids is 1. The largest absolute Gasteiger partial charge is 0.497 e. The third-order valence-electron chi connectivity index (χ3n) is 7.74. The van der Waals surface area contributed by atoms with Gasteiger partial charge in [0.25, 0.3) is 0 Å². The molecule has 6 nitrogen and oxygen atoms in total. The third-order valence-corrected chi connectivity index (χ3v) is 7.74. The highest BCUT2D eigenvalue weighted by molar-refractivity contribution is 5.85. The number of benzene rings is 2. The van der Waals surface area contributed by atoms with Crippen molar-refractivity contribution in [2.24, 2.45) is 5.41 Å². The highest BCUT2D eigenvalue weighted by Gasteiger charge is 2.37. The van der Waals surface area contributed by atoms with Gasteiger partial charge in [-0.1, -0.05) is 0 Å². The minimum atomic E-state index is -1.29. The first-order valence-corrected chi connectivity index (χ1v) is 13.0. The van der Waals surface area contributed by atoms with E-state index in [1.807, 2.05) is 6.92 Å². The normalized spacial score (nSPS) is 16.3. The van der Waals surface area contributed by atoms with Crippen molar-refractivity contribution >= 4 is 22.6 Å². The summed E-state index contributed by atoms with van der Waals surface area (Å²) in [6, 6.07) is 6.74. The predicted octanol–water partition coefficient (Wildman–Crippen LogP) is 6.43. The number of piperidine rings is 1. The maximum atomic E-state index is 15.8. The van der Waals surface area contributed by atoms with Gasteiger partial charge in [-0.15, -0.1) is 0 Å². The number of halogens is 4. The number of nitrogens with one attached hydrogen (secondary N) is 1. The van der Waals surface area contributed by atoms with Crippen LogP contribution in [0.4, 0.5) is 23.2 Å². The molecule has 1 aromatic heterocycles. The fraction of sp³-hybridized carbons (Fsp3) is 0.448. The number of alkyl halides is 1. The molecule has 0 radical (unpaired) electrons. The summed E-state index contributed by atoms with van der Waals surface area (Å²) < 4.78 is 61.8. The number of methoxy groups -OCH3 is 1. The van der Waals surface area contributed by atoms with E-state index >= 15 is 4.39 Å². The zero-order valence-corrected chi connectivity index (χ0v) is 22.1. The van der Waals surface area contributed by atoms with Gasteiger partial charge < -0.3 is 20.1 Å². The molecule has 1 atom stereocenters. The van der Waals surface area contributed by atoms with Crippen molar-refractivity contribution in [1.82, 2.24) is 9.88 Å². The van der Waals surface area contributed by atoms with E-state index in [-0.39, 0.29) is 25.1 Å². The smallest absolute Gasteiger partial charge is 0.303 e. The quantitative estimate of drug-likeness (QED) is 0.213. The Morgan fingerprint density at radius 2 is 1.95 bits per heavy atom.